The lowest BCUT2D eigenvalue weighted by atomic mass is 9.78. The number of nitrogens with zero attached hydrogens (tertiary/aromatic N) is 1. The van der Waals surface area contributed by atoms with E-state index in [-0.39, 0.29) is 11.9 Å². The second-order valence-electron chi connectivity index (χ2n) is 5.00. The second kappa shape index (κ2) is 5.15. The van der Waals surface area contributed by atoms with E-state index in [9.17, 15) is 4.39 Å². The number of hydrogen-bond donors (Lipinski definition) is 1. The van der Waals surface area contributed by atoms with Gasteiger partial charge in [-0.15, -0.1) is 0 Å². The van der Waals surface area contributed by atoms with Gasteiger partial charge in [-0.2, -0.15) is 0 Å². The molecule has 0 aromatic heterocycles. The molecule has 0 spiro atoms. The molecule has 3 unspecified atom stereocenters. The van der Waals surface area contributed by atoms with Crippen LogP contribution in [0.3, 0.4) is 0 Å². The average Bonchev–Trinajstić information content (AvgIpc) is 2.28. The summed E-state index contributed by atoms with van der Waals surface area (Å²) < 4.78 is 13.7. The minimum atomic E-state index is -0.115. The first-order valence-electron chi connectivity index (χ1n) is 6.31. The Labute approximate surface area is 103 Å². The number of rotatable bonds is 4. The predicted octanol–water partition coefficient (Wildman–Crippen LogP) is 2.56. The van der Waals surface area contributed by atoms with E-state index in [1.165, 1.54) is 18.9 Å². The summed E-state index contributed by atoms with van der Waals surface area (Å²) in [5, 5.41) is 0. The average molecular weight is 236 g/mol. The van der Waals surface area contributed by atoms with Gasteiger partial charge in [-0.25, -0.2) is 4.39 Å². The van der Waals surface area contributed by atoms with E-state index in [2.05, 4.69) is 18.9 Å². The monoisotopic (exact) mass is 236 g/mol. The van der Waals surface area contributed by atoms with Crippen LogP contribution >= 0.6 is 0 Å². The maximum absolute atomic E-state index is 13.7. The largest absolute Gasteiger partial charge is 0.330 e. The molecule has 3 heteroatoms. The van der Waals surface area contributed by atoms with Crippen molar-refractivity contribution in [2.45, 2.75) is 31.8 Å². The van der Waals surface area contributed by atoms with Crippen LogP contribution in [0.15, 0.2) is 24.3 Å². The van der Waals surface area contributed by atoms with Gasteiger partial charge in [0.25, 0.3) is 0 Å². The van der Waals surface area contributed by atoms with Crippen molar-refractivity contribution in [1.29, 1.82) is 0 Å². The van der Waals surface area contributed by atoms with Gasteiger partial charge < -0.3 is 5.73 Å². The van der Waals surface area contributed by atoms with Gasteiger partial charge in [0.15, 0.2) is 0 Å². The molecule has 1 aliphatic carbocycles. The van der Waals surface area contributed by atoms with Crippen LogP contribution in [0, 0.1) is 11.7 Å². The SMILES string of the molecule is CC(c1ccccc1F)N(C)C1CCC1CN. The molecule has 1 aliphatic rings. The van der Waals surface area contributed by atoms with E-state index in [1.807, 2.05) is 12.1 Å². The fourth-order valence-electron chi connectivity index (χ4n) is 2.68. The third-order valence-electron chi connectivity index (χ3n) is 4.17. The molecule has 2 rings (SSSR count). The van der Waals surface area contributed by atoms with Gasteiger partial charge in [-0.3, -0.25) is 4.90 Å². The normalized spacial score (nSPS) is 25.7. The van der Waals surface area contributed by atoms with Crippen LogP contribution in [0.4, 0.5) is 4.39 Å². The lowest BCUT2D eigenvalue weighted by molar-refractivity contribution is 0.0584. The Kier molecular flexibility index (Phi) is 3.79. The molecule has 0 bridgehead atoms. The summed E-state index contributed by atoms with van der Waals surface area (Å²) in [6.45, 7) is 2.79. The van der Waals surface area contributed by atoms with Crippen molar-refractivity contribution in [3.05, 3.63) is 35.6 Å². The minimum absolute atomic E-state index is 0.107. The van der Waals surface area contributed by atoms with Gasteiger partial charge in [-0.05, 0) is 45.3 Å². The number of nitrogens with two attached hydrogens (primary N) is 1. The van der Waals surface area contributed by atoms with Crippen LogP contribution in [0.1, 0.15) is 31.4 Å². The molecule has 3 atom stereocenters. The highest BCUT2D eigenvalue weighted by Gasteiger charge is 2.35. The van der Waals surface area contributed by atoms with Crippen LogP contribution in [0.5, 0.6) is 0 Å². The summed E-state index contributed by atoms with van der Waals surface area (Å²) in [5.74, 6) is 0.463. The molecule has 1 saturated carbocycles. The van der Waals surface area contributed by atoms with Crippen molar-refractivity contribution in [3.63, 3.8) is 0 Å². The van der Waals surface area contributed by atoms with Crippen LogP contribution in [-0.4, -0.2) is 24.5 Å². The Morgan fingerprint density at radius 3 is 2.65 bits per heavy atom. The first kappa shape index (κ1) is 12.5. The topological polar surface area (TPSA) is 29.3 Å². The third-order valence-corrected chi connectivity index (χ3v) is 4.17. The van der Waals surface area contributed by atoms with E-state index in [4.69, 9.17) is 5.73 Å². The quantitative estimate of drug-likeness (QED) is 0.870. The summed E-state index contributed by atoms with van der Waals surface area (Å²) in [4.78, 5) is 2.26. The number of halogens is 1. The van der Waals surface area contributed by atoms with Crippen LogP contribution in [0.25, 0.3) is 0 Å². The fourth-order valence-corrected chi connectivity index (χ4v) is 2.68. The van der Waals surface area contributed by atoms with E-state index < -0.39 is 0 Å². The van der Waals surface area contributed by atoms with Crippen LogP contribution < -0.4 is 5.73 Å². The van der Waals surface area contributed by atoms with Gasteiger partial charge in [0.05, 0.1) is 0 Å². The lowest BCUT2D eigenvalue weighted by Gasteiger charge is -2.45. The van der Waals surface area contributed by atoms with Gasteiger partial charge in [0.1, 0.15) is 5.82 Å². The van der Waals surface area contributed by atoms with Crippen molar-refractivity contribution < 1.29 is 4.39 Å². The molecule has 0 aliphatic heterocycles. The maximum Gasteiger partial charge on any atom is 0.127 e. The first-order valence-corrected chi connectivity index (χ1v) is 6.31. The van der Waals surface area contributed by atoms with Crippen LogP contribution in [0.2, 0.25) is 0 Å². The van der Waals surface area contributed by atoms with Crippen molar-refractivity contribution >= 4 is 0 Å². The zero-order valence-corrected chi connectivity index (χ0v) is 10.6. The van der Waals surface area contributed by atoms with Crippen molar-refractivity contribution in [3.8, 4) is 0 Å². The van der Waals surface area contributed by atoms with Gasteiger partial charge in [0, 0.05) is 17.6 Å². The van der Waals surface area contributed by atoms with Gasteiger partial charge in [-0.1, -0.05) is 18.2 Å². The Hall–Kier alpha value is -0.930. The lowest BCUT2D eigenvalue weighted by Crippen LogP contribution is -2.48. The minimum Gasteiger partial charge on any atom is -0.330 e. The highest BCUT2D eigenvalue weighted by atomic mass is 19.1. The van der Waals surface area contributed by atoms with E-state index in [1.54, 1.807) is 6.07 Å². The zero-order valence-electron chi connectivity index (χ0n) is 10.6. The Balaban J connectivity index is 2.09. The van der Waals surface area contributed by atoms with E-state index in [0.717, 1.165) is 12.1 Å². The third kappa shape index (κ3) is 2.35. The highest BCUT2D eigenvalue weighted by molar-refractivity contribution is 5.21. The molecule has 0 saturated heterocycles. The summed E-state index contributed by atoms with van der Waals surface area (Å²) in [7, 11) is 2.07. The Morgan fingerprint density at radius 2 is 2.12 bits per heavy atom. The van der Waals surface area contributed by atoms with Crippen molar-refractivity contribution in [2.24, 2.45) is 11.7 Å². The molecule has 94 valence electrons. The Bertz CT molecular complexity index is 378. The molecule has 1 aromatic rings. The molecule has 17 heavy (non-hydrogen) atoms. The summed E-state index contributed by atoms with van der Waals surface area (Å²) >= 11 is 0. The zero-order chi connectivity index (χ0) is 12.4. The van der Waals surface area contributed by atoms with E-state index in [0.29, 0.717) is 12.0 Å². The standard InChI is InChI=1S/C14H21FN2/c1-10(12-5-3-4-6-13(12)15)17(2)14-8-7-11(14)9-16/h3-6,10-11,14H,7-9,16H2,1-2H3. The summed E-state index contributed by atoms with van der Waals surface area (Å²) in [6, 6.07) is 7.64. The first-order chi connectivity index (χ1) is 8.15. The molecule has 1 aromatic carbocycles. The van der Waals surface area contributed by atoms with Gasteiger partial charge >= 0.3 is 0 Å². The maximum atomic E-state index is 13.7. The van der Waals surface area contributed by atoms with Crippen molar-refractivity contribution in [2.75, 3.05) is 13.6 Å². The molecule has 2 N–H and O–H groups in total. The Morgan fingerprint density at radius 1 is 1.41 bits per heavy atom. The molecule has 0 radical (unpaired) electrons. The summed E-state index contributed by atoms with van der Waals surface area (Å²) in [6.07, 6.45) is 2.38. The second-order valence-corrected chi connectivity index (χ2v) is 5.00. The fraction of sp³-hybridized carbons (Fsp3) is 0.571. The van der Waals surface area contributed by atoms with E-state index >= 15 is 0 Å². The number of benzene rings is 1. The predicted molar refractivity (Wildman–Crippen MR) is 68.1 cm³/mol. The van der Waals surface area contributed by atoms with Crippen molar-refractivity contribution in [1.82, 2.24) is 4.90 Å². The van der Waals surface area contributed by atoms with Gasteiger partial charge in [0.2, 0.25) is 0 Å². The molecule has 1 fully saturated rings. The smallest absolute Gasteiger partial charge is 0.127 e. The van der Waals surface area contributed by atoms with Crippen LogP contribution in [-0.2, 0) is 0 Å². The molecule has 0 amide bonds. The summed E-state index contributed by atoms with van der Waals surface area (Å²) in [5.41, 5.74) is 6.51. The molecule has 0 heterocycles. The molecular weight excluding hydrogens is 215 g/mol. The molecular formula is C14H21FN2. The number of hydrogen-bond acceptors (Lipinski definition) is 2. The molecule has 2 nitrogen and oxygen atoms in total. The highest BCUT2D eigenvalue weighted by Crippen LogP contribution is 2.35.